The van der Waals surface area contributed by atoms with Gasteiger partial charge in [-0.2, -0.15) is 0 Å². The highest BCUT2D eigenvalue weighted by molar-refractivity contribution is 5.01. The Hall–Kier alpha value is -0.340. The molecule has 4 rings (SSSR count). The molecular formula is C16H28N2. The Morgan fingerprint density at radius 3 is 2.22 bits per heavy atom. The number of nitrogens with one attached hydrogen (secondary N) is 1. The normalized spacial score (nSPS) is 43.1. The molecule has 0 spiro atoms. The summed E-state index contributed by atoms with van der Waals surface area (Å²) in [7, 11) is 0. The van der Waals surface area contributed by atoms with Crippen molar-refractivity contribution < 1.29 is 0 Å². The van der Waals surface area contributed by atoms with Crippen LogP contribution in [0.25, 0.3) is 0 Å². The van der Waals surface area contributed by atoms with E-state index in [1.54, 1.807) is 0 Å². The van der Waals surface area contributed by atoms with Gasteiger partial charge in [-0.15, -0.1) is 6.58 Å². The lowest BCUT2D eigenvalue weighted by atomic mass is 9.50. The molecular weight excluding hydrogens is 220 g/mol. The predicted molar refractivity (Wildman–Crippen MR) is 75.7 cm³/mol. The molecule has 2 heteroatoms. The maximum atomic E-state index is 5.86. The van der Waals surface area contributed by atoms with Crippen molar-refractivity contribution in [3.05, 3.63) is 12.7 Å². The summed E-state index contributed by atoms with van der Waals surface area (Å²) < 4.78 is 0. The van der Waals surface area contributed by atoms with Crippen LogP contribution in [0, 0.1) is 29.6 Å². The molecule has 4 fully saturated rings. The van der Waals surface area contributed by atoms with Crippen LogP contribution in [0.15, 0.2) is 12.7 Å². The van der Waals surface area contributed by atoms with Gasteiger partial charge in [0.1, 0.15) is 0 Å². The van der Waals surface area contributed by atoms with Gasteiger partial charge in [0.2, 0.25) is 0 Å². The third-order valence-electron chi connectivity index (χ3n) is 5.90. The second-order valence-electron chi connectivity index (χ2n) is 7.00. The summed E-state index contributed by atoms with van der Waals surface area (Å²) >= 11 is 0. The lowest BCUT2D eigenvalue weighted by molar-refractivity contribution is -0.0531. The molecule has 0 aromatic carbocycles. The van der Waals surface area contributed by atoms with Crippen molar-refractivity contribution in [1.29, 1.82) is 0 Å². The van der Waals surface area contributed by atoms with E-state index in [1.165, 1.54) is 44.9 Å². The van der Waals surface area contributed by atoms with Crippen LogP contribution in [0.4, 0.5) is 0 Å². The van der Waals surface area contributed by atoms with Crippen LogP contribution in [-0.4, -0.2) is 6.04 Å². The number of nitrogens with two attached hydrogens (primary N) is 1. The molecule has 1 unspecified atom stereocenters. The molecule has 4 aliphatic rings. The average Bonchev–Trinajstić information content (AvgIpc) is 2.35. The Kier molecular flexibility index (Phi) is 3.76. The first-order chi connectivity index (χ1) is 8.81. The highest BCUT2D eigenvalue weighted by Gasteiger charge is 2.50. The zero-order chi connectivity index (χ0) is 12.5. The van der Waals surface area contributed by atoms with Gasteiger partial charge in [-0.25, -0.2) is 0 Å². The first-order valence-corrected chi connectivity index (χ1v) is 7.88. The molecule has 0 saturated heterocycles. The Morgan fingerprint density at radius 1 is 1.11 bits per heavy atom. The van der Waals surface area contributed by atoms with Crippen LogP contribution in [0.1, 0.15) is 51.4 Å². The largest absolute Gasteiger partial charge is 0.271 e. The van der Waals surface area contributed by atoms with Crippen molar-refractivity contribution >= 4 is 0 Å². The molecule has 0 aromatic heterocycles. The van der Waals surface area contributed by atoms with E-state index in [9.17, 15) is 0 Å². The summed E-state index contributed by atoms with van der Waals surface area (Å²) in [6.07, 6.45) is 13.2. The van der Waals surface area contributed by atoms with Crippen molar-refractivity contribution in [3.63, 3.8) is 0 Å². The van der Waals surface area contributed by atoms with Crippen LogP contribution in [-0.2, 0) is 0 Å². The van der Waals surface area contributed by atoms with E-state index in [0.29, 0.717) is 6.04 Å². The summed E-state index contributed by atoms with van der Waals surface area (Å²) in [6, 6.07) is 0.556. The van der Waals surface area contributed by atoms with Crippen LogP contribution in [0.3, 0.4) is 0 Å². The van der Waals surface area contributed by atoms with Gasteiger partial charge in [-0.3, -0.25) is 11.3 Å². The maximum Gasteiger partial charge on any atom is 0.0244 e. The van der Waals surface area contributed by atoms with Gasteiger partial charge >= 0.3 is 0 Å². The fraction of sp³-hybridized carbons (Fsp3) is 0.875. The molecule has 18 heavy (non-hydrogen) atoms. The van der Waals surface area contributed by atoms with E-state index in [4.69, 9.17) is 5.84 Å². The molecule has 0 radical (unpaired) electrons. The number of allylic oxidation sites excluding steroid dienone is 1. The monoisotopic (exact) mass is 248 g/mol. The Balaban J connectivity index is 1.65. The molecule has 0 aliphatic heterocycles. The van der Waals surface area contributed by atoms with E-state index in [-0.39, 0.29) is 0 Å². The van der Waals surface area contributed by atoms with Crippen molar-refractivity contribution in [3.8, 4) is 0 Å². The van der Waals surface area contributed by atoms with Crippen LogP contribution in [0.2, 0.25) is 0 Å². The van der Waals surface area contributed by atoms with Gasteiger partial charge in [0.05, 0.1) is 0 Å². The number of rotatable bonds is 6. The lowest BCUT2D eigenvalue weighted by Gasteiger charge is -2.56. The molecule has 0 heterocycles. The van der Waals surface area contributed by atoms with E-state index in [1.807, 2.05) is 6.08 Å². The summed E-state index contributed by atoms with van der Waals surface area (Å²) in [4.78, 5) is 0. The van der Waals surface area contributed by atoms with E-state index < -0.39 is 0 Å². The van der Waals surface area contributed by atoms with Crippen molar-refractivity contribution in [2.24, 2.45) is 35.4 Å². The summed E-state index contributed by atoms with van der Waals surface area (Å²) in [6.45, 7) is 3.82. The Bertz CT molecular complexity index is 271. The minimum atomic E-state index is 0.556. The SMILES string of the molecule is C=CCCCC(NN)C1C2CC3CC(C2)CC1C3. The van der Waals surface area contributed by atoms with Crippen LogP contribution >= 0.6 is 0 Å². The highest BCUT2D eigenvalue weighted by atomic mass is 15.2. The lowest BCUT2D eigenvalue weighted by Crippen LogP contribution is -2.54. The number of hydrazine groups is 1. The predicted octanol–water partition coefficient (Wildman–Crippen LogP) is 3.25. The summed E-state index contributed by atoms with van der Waals surface area (Å²) in [5.41, 5.74) is 3.15. The van der Waals surface area contributed by atoms with Crippen molar-refractivity contribution in [2.75, 3.05) is 0 Å². The fourth-order valence-electron chi connectivity index (χ4n) is 5.49. The molecule has 4 bridgehead atoms. The van der Waals surface area contributed by atoms with Crippen molar-refractivity contribution in [1.82, 2.24) is 5.43 Å². The molecule has 4 aliphatic carbocycles. The molecule has 0 aromatic rings. The molecule has 1 atom stereocenters. The van der Waals surface area contributed by atoms with E-state index in [2.05, 4.69) is 12.0 Å². The van der Waals surface area contributed by atoms with Gasteiger partial charge < -0.3 is 0 Å². The maximum absolute atomic E-state index is 5.86. The minimum Gasteiger partial charge on any atom is -0.271 e. The van der Waals surface area contributed by atoms with Gasteiger partial charge in [0, 0.05) is 6.04 Å². The zero-order valence-corrected chi connectivity index (χ0v) is 11.5. The molecule has 4 saturated carbocycles. The van der Waals surface area contributed by atoms with Crippen molar-refractivity contribution in [2.45, 2.75) is 57.4 Å². The Morgan fingerprint density at radius 2 is 1.72 bits per heavy atom. The van der Waals surface area contributed by atoms with Gasteiger partial charge in [0.15, 0.2) is 0 Å². The second-order valence-corrected chi connectivity index (χ2v) is 7.00. The highest BCUT2D eigenvalue weighted by Crippen LogP contribution is 2.57. The zero-order valence-electron chi connectivity index (χ0n) is 11.5. The molecule has 0 amide bonds. The van der Waals surface area contributed by atoms with Crippen LogP contribution in [0.5, 0.6) is 0 Å². The van der Waals surface area contributed by atoms with Gasteiger partial charge in [-0.05, 0) is 81.0 Å². The quantitative estimate of drug-likeness (QED) is 0.328. The van der Waals surface area contributed by atoms with E-state index in [0.717, 1.165) is 36.0 Å². The molecule has 102 valence electrons. The van der Waals surface area contributed by atoms with Gasteiger partial charge in [0.25, 0.3) is 0 Å². The van der Waals surface area contributed by atoms with Crippen LogP contribution < -0.4 is 11.3 Å². The minimum absolute atomic E-state index is 0.556. The first-order valence-electron chi connectivity index (χ1n) is 7.88. The summed E-state index contributed by atoms with van der Waals surface area (Å²) in [5.74, 6) is 10.8. The third-order valence-corrected chi connectivity index (χ3v) is 5.90. The second kappa shape index (κ2) is 5.34. The van der Waals surface area contributed by atoms with Gasteiger partial charge in [-0.1, -0.05) is 6.08 Å². The number of unbranched alkanes of at least 4 members (excludes halogenated alkanes) is 1. The smallest absolute Gasteiger partial charge is 0.0244 e. The molecule has 2 nitrogen and oxygen atoms in total. The standard InChI is InChI=1S/C16H28N2/c1-2-3-4-5-15(18-17)16-13-7-11-6-12(9-13)10-14(16)8-11/h2,11-16,18H,1,3-10,17H2. The number of hydrogen-bond acceptors (Lipinski definition) is 2. The average molecular weight is 248 g/mol. The topological polar surface area (TPSA) is 38.0 Å². The van der Waals surface area contributed by atoms with E-state index >= 15 is 0 Å². The molecule has 3 N–H and O–H groups in total. The first kappa shape index (κ1) is 12.7. The Labute approximate surface area is 111 Å². The third kappa shape index (κ3) is 2.25. The summed E-state index contributed by atoms with van der Waals surface area (Å²) in [5, 5.41) is 0. The number of hydrogen-bond donors (Lipinski definition) is 2. The fourth-order valence-corrected chi connectivity index (χ4v) is 5.49.